The van der Waals surface area contributed by atoms with Crippen molar-refractivity contribution < 1.29 is 13.2 Å². The molecular formula is C20H21N3O3S2. The number of rotatable bonds is 3. The number of carbonyl (C=O) groups excluding carboxylic acids is 1. The Morgan fingerprint density at radius 3 is 2.64 bits per heavy atom. The molecule has 0 saturated carbocycles. The van der Waals surface area contributed by atoms with Crippen LogP contribution in [0.5, 0.6) is 0 Å². The van der Waals surface area contributed by atoms with Crippen molar-refractivity contribution in [1.29, 1.82) is 0 Å². The third kappa shape index (κ3) is 3.80. The quantitative estimate of drug-likeness (QED) is 0.659. The fraction of sp³-hybridized carbons (Fsp3) is 0.300. The molecule has 0 aliphatic carbocycles. The fourth-order valence-corrected chi connectivity index (χ4v) is 5.06. The molecule has 6 nitrogen and oxygen atoms in total. The number of nitrogens with zero attached hydrogens (tertiary/aromatic N) is 3. The summed E-state index contributed by atoms with van der Waals surface area (Å²) in [6.45, 7) is 1.69. The second-order valence-corrected chi connectivity index (χ2v) is 9.79. The Hall–Kier alpha value is -2.29. The number of benzene rings is 1. The lowest BCUT2D eigenvalue weighted by atomic mass is 10.1. The highest BCUT2D eigenvalue weighted by molar-refractivity contribution is 7.88. The molecule has 3 heterocycles. The molecule has 0 atom stereocenters. The minimum Gasteiger partial charge on any atom is -0.337 e. The van der Waals surface area contributed by atoms with Gasteiger partial charge in [-0.2, -0.15) is 0 Å². The Morgan fingerprint density at radius 1 is 1.07 bits per heavy atom. The van der Waals surface area contributed by atoms with Gasteiger partial charge in [0.15, 0.2) is 0 Å². The Labute approximate surface area is 168 Å². The lowest BCUT2D eigenvalue weighted by Crippen LogP contribution is -2.37. The predicted octanol–water partition coefficient (Wildman–Crippen LogP) is 3.07. The number of para-hydroxylation sites is 1. The molecule has 0 radical (unpaired) electrons. The molecule has 4 rings (SSSR count). The van der Waals surface area contributed by atoms with Crippen molar-refractivity contribution in [3.05, 3.63) is 53.4 Å². The summed E-state index contributed by atoms with van der Waals surface area (Å²) in [4.78, 5) is 20.9. The molecule has 0 N–H and O–H groups in total. The van der Waals surface area contributed by atoms with Crippen LogP contribution < -0.4 is 0 Å². The highest BCUT2D eigenvalue weighted by Crippen LogP contribution is 2.28. The molecule has 0 unspecified atom stereocenters. The second-order valence-electron chi connectivity index (χ2n) is 6.86. The molecule has 1 aliphatic heterocycles. The van der Waals surface area contributed by atoms with Gasteiger partial charge in [-0.15, -0.1) is 11.3 Å². The summed E-state index contributed by atoms with van der Waals surface area (Å²) in [5.74, 6) is -0.0771. The first kappa shape index (κ1) is 19.0. The molecule has 2 aromatic heterocycles. The average molecular weight is 416 g/mol. The van der Waals surface area contributed by atoms with Crippen molar-refractivity contribution in [1.82, 2.24) is 14.2 Å². The van der Waals surface area contributed by atoms with E-state index in [2.05, 4.69) is 0 Å². The summed E-state index contributed by atoms with van der Waals surface area (Å²) in [5, 5.41) is 2.81. The molecule has 0 bridgehead atoms. The number of hydrogen-bond donors (Lipinski definition) is 0. The van der Waals surface area contributed by atoms with Crippen LogP contribution in [0, 0.1) is 0 Å². The average Bonchev–Trinajstić information content (AvgIpc) is 3.09. The van der Waals surface area contributed by atoms with E-state index in [0.717, 1.165) is 21.5 Å². The van der Waals surface area contributed by atoms with Crippen LogP contribution in [0.2, 0.25) is 0 Å². The van der Waals surface area contributed by atoms with E-state index >= 15 is 0 Å². The lowest BCUT2D eigenvalue weighted by Gasteiger charge is -2.22. The monoisotopic (exact) mass is 415 g/mol. The van der Waals surface area contributed by atoms with Gasteiger partial charge in [-0.3, -0.25) is 4.79 Å². The summed E-state index contributed by atoms with van der Waals surface area (Å²) in [5.41, 5.74) is 2.18. The summed E-state index contributed by atoms with van der Waals surface area (Å²) in [7, 11) is -3.25. The maximum atomic E-state index is 13.4. The summed E-state index contributed by atoms with van der Waals surface area (Å²) >= 11 is 1.59. The third-order valence-corrected chi connectivity index (χ3v) is 7.13. The van der Waals surface area contributed by atoms with E-state index in [0.29, 0.717) is 38.2 Å². The van der Waals surface area contributed by atoms with Gasteiger partial charge in [0, 0.05) is 31.6 Å². The van der Waals surface area contributed by atoms with Crippen LogP contribution in [-0.2, 0) is 10.0 Å². The van der Waals surface area contributed by atoms with Gasteiger partial charge >= 0.3 is 0 Å². The standard InChI is InChI=1S/C20H21N3O3S2/c1-28(25,26)23-10-5-9-22(11-12-23)20(24)16-14-18(19-8-4-13-27-19)21-17-7-3-2-6-15(16)17/h2-4,6-8,13-14H,5,9-12H2,1H3. The van der Waals surface area contributed by atoms with Gasteiger partial charge in [-0.05, 0) is 30.0 Å². The summed E-state index contributed by atoms with van der Waals surface area (Å²) < 4.78 is 25.2. The fourth-order valence-electron chi connectivity index (χ4n) is 3.50. The largest absolute Gasteiger partial charge is 0.337 e. The van der Waals surface area contributed by atoms with Crippen LogP contribution in [0.25, 0.3) is 21.5 Å². The van der Waals surface area contributed by atoms with Crippen molar-refractivity contribution in [2.24, 2.45) is 0 Å². The molecule has 3 aromatic rings. The zero-order valence-corrected chi connectivity index (χ0v) is 17.2. The molecule has 146 valence electrons. The van der Waals surface area contributed by atoms with Crippen molar-refractivity contribution in [2.45, 2.75) is 6.42 Å². The highest BCUT2D eigenvalue weighted by atomic mass is 32.2. The van der Waals surface area contributed by atoms with E-state index in [1.165, 1.54) is 10.6 Å². The van der Waals surface area contributed by atoms with Gasteiger partial charge < -0.3 is 4.90 Å². The van der Waals surface area contributed by atoms with Crippen LogP contribution in [0.3, 0.4) is 0 Å². The summed E-state index contributed by atoms with van der Waals surface area (Å²) in [6, 6.07) is 13.5. The number of sulfonamides is 1. The molecule has 1 aromatic carbocycles. The Kier molecular flexibility index (Phi) is 5.18. The van der Waals surface area contributed by atoms with Crippen LogP contribution in [-0.4, -0.2) is 60.9 Å². The number of amides is 1. The van der Waals surface area contributed by atoms with Crippen LogP contribution in [0.15, 0.2) is 47.8 Å². The minimum atomic E-state index is -3.25. The first-order valence-corrected chi connectivity index (χ1v) is 11.8. The van der Waals surface area contributed by atoms with Crippen molar-refractivity contribution >= 4 is 38.2 Å². The van der Waals surface area contributed by atoms with E-state index in [4.69, 9.17) is 4.98 Å². The van der Waals surface area contributed by atoms with E-state index in [1.54, 1.807) is 16.2 Å². The van der Waals surface area contributed by atoms with Gasteiger partial charge in [0.25, 0.3) is 5.91 Å². The first-order valence-electron chi connectivity index (χ1n) is 9.11. The zero-order valence-electron chi connectivity index (χ0n) is 15.5. The van der Waals surface area contributed by atoms with Crippen molar-refractivity contribution in [3.63, 3.8) is 0 Å². The molecule has 0 spiro atoms. The Morgan fingerprint density at radius 2 is 1.89 bits per heavy atom. The van der Waals surface area contributed by atoms with Crippen molar-refractivity contribution in [3.8, 4) is 10.6 Å². The zero-order chi connectivity index (χ0) is 19.7. The third-order valence-electron chi connectivity index (χ3n) is 4.93. The summed E-state index contributed by atoms with van der Waals surface area (Å²) in [6.07, 6.45) is 1.84. The molecule has 1 amide bonds. The SMILES string of the molecule is CS(=O)(=O)N1CCCN(C(=O)c2cc(-c3cccs3)nc3ccccc23)CC1. The number of fused-ring (bicyclic) bond motifs is 1. The highest BCUT2D eigenvalue weighted by Gasteiger charge is 2.26. The van der Waals surface area contributed by atoms with Crippen LogP contribution in [0.1, 0.15) is 16.8 Å². The number of pyridine rings is 1. The van der Waals surface area contributed by atoms with Gasteiger partial charge in [0.1, 0.15) is 0 Å². The molecular weight excluding hydrogens is 394 g/mol. The van der Waals surface area contributed by atoms with Crippen LogP contribution >= 0.6 is 11.3 Å². The van der Waals surface area contributed by atoms with Gasteiger partial charge in [-0.1, -0.05) is 24.3 Å². The van der Waals surface area contributed by atoms with E-state index in [9.17, 15) is 13.2 Å². The number of thiophene rings is 1. The second kappa shape index (κ2) is 7.62. The Balaban J connectivity index is 1.71. The number of hydrogen-bond acceptors (Lipinski definition) is 5. The number of carbonyl (C=O) groups is 1. The maximum absolute atomic E-state index is 13.4. The van der Waals surface area contributed by atoms with E-state index in [1.807, 2.05) is 47.8 Å². The molecule has 8 heteroatoms. The molecule has 1 fully saturated rings. The smallest absolute Gasteiger partial charge is 0.254 e. The topological polar surface area (TPSA) is 70.6 Å². The first-order chi connectivity index (χ1) is 13.4. The van der Waals surface area contributed by atoms with Crippen molar-refractivity contribution in [2.75, 3.05) is 32.4 Å². The molecule has 1 aliphatic rings. The maximum Gasteiger partial charge on any atom is 0.254 e. The van der Waals surface area contributed by atoms with Crippen LogP contribution in [0.4, 0.5) is 0 Å². The Bertz CT molecular complexity index is 1110. The molecule has 1 saturated heterocycles. The number of aromatic nitrogens is 1. The molecule has 28 heavy (non-hydrogen) atoms. The minimum absolute atomic E-state index is 0.0771. The van der Waals surface area contributed by atoms with Gasteiger partial charge in [0.2, 0.25) is 10.0 Å². The lowest BCUT2D eigenvalue weighted by molar-refractivity contribution is 0.0766. The van der Waals surface area contributed by atoms with Gasteiger partial charge in [-0.25, -0.2) is 17.7 Å². The van der Waals surface area contributed by atoms with E-state index < -0.39 is 10.0 Å². The predicted molar refractivity (Wildman–Crippen MR) is 112 cm³/mol. The van der Waals surface area contributed by atoms with E-state index in [-0.39, 0.29) is 5.91 Å². The van der Waals surface area contributed by atoms with Gasteiger partial charge in [0.05, 0.1) is 27.9 Å². The normalized spacial score (nSPS) is 16.2.